The van der Waals surface area contributed by atoms with Gasteiger partial charge in [-0.1, -0.05) is 12.2 Å². The third-order valence-electron chi connectivity index (χ3n) is 5.66. The number of nitrogens with one attached hydrogen (secondary N) is 1. The Morgan fingerprint density at radius 1 is 1.25 bits per heavy atom. The largest absolute Gasteiger partial charge is 0.338 e. The van der Waals surface area contributed by atoms with E-state index in [0.29, 0.717) is 5.56 Å². The molecular weight excluding hydrogens is 302 g/mol. The van der Waals surface area contributed by atoms with Gasteiger partial charge in [-0.25, -0.2) is 4.79 Å². The van der Waals surface area contributed by atoms with E-state index in [1.165, 1.54) is 12.8 Å². The van der Waals surface area contributed by atoms with E-state index in [4.69, 9.17) is 0 Å². The standard InChI is InChI=1S/C19H23N3O2/c1-21-16-7-6-14(12-15(16)20-18(21)24)17(23)22-11-5-10-19(13-22)8-3-2-4-9-19/h2-3,6-7,12H,4-5,8-11,13H2,1H3,(H,20,24)/t19-/m1/s1. The minimum absolute atomic E-state index is 0.0789. The molecule has 0 radical (unpaired) electrons. The number of benzene rings is 1. The Labute approximate surface area is 141 Å². The average Bonchev–Trinajstić information content (AvgIpc) is 2.89. The Morgan fingerprint density at radius 2 is 2.12 bits per heavy atom. The second kappa shape index (κ2) is 5.65. The number of piperidine rings is 1. The van der Waals surface area contributed by atoms with Crippen molar-refractivity contribution in [3.05, 3.63) is 46.4 Å². The van der Waals surface area contributed by atoms with Crippen LogP contribution in [0.3, 0.4) is 0 Å². The lowest BCUT2D eigenvalue weighted by molar-refractivity contribution is 0.0484. The van der Waals surface area contributed by atoms with Crippen LogP contribution >= 0.6 is 0 Å². The van der Waals surface area contributed by atoms with Crippen LogP contribution in [0.5, 0.6) is 0 Å². The number of allylic oxidation sites excluding steroid dienone is 2. The van der Waals surface area contributed by atoms with Crippen molar-refractivity contribution in [2.75, 3.05) is 13.1 Å². The Kier molecular flexibility index (Phi) is 3.59. The van der Waals surface area contributed by atoms with Crippen LogP contribution in [0.1, 0.15) is 42.5 Å². The molecule has 24 heavy (non-hydrogen) atoms. The van der Waals surface area contributed by atoms with E-state index in [2.05, 4.69) is 17.1 Å². The molecule has 1 N–H and O–H groups in total. The lowest BCUT2D eigenvalue weighted by atomic mass is 9.71. The summed E-state index contributed by atoms with van der Waals surface area (Å²) in [6, 6.07) is 5.49. The van der Waals surface area contributed by atoms with Gasteiger partial charge in [-0.3, -0.25) is 9.36 Å². The smallest absolute Gasteiger partial charge is 0.326 e. The number of hydrogen-bond acceptors (Lipinski definition) is 2. The van der Waals surface area contributed by atoms with Crippen LogP contribution in [0.4, 0.5) is 0 Å². The summed E-state index contributed by atoms with van der Waals surface area (Å²) in [5.41, 5.74) is 2.33. The number of likely N-dealkylation sites (tertiary alicyclic amines) is 1. The molecule has 2 heterocycles. The van der Waals surface area contributed by atoms with E-state index in [0.717, 1.165) is 43.4 Å². The number of carbonyl (C=O) groups excluding carboxylic acids is 1. The fraction of sp³-hybridized carbons (Fsp3) is 0.474. The summed E-state index contributed by atoms with van der Waals surface area (Å²) < 4.78 is 1.56. The van der Waals surface area contributed by atoms with E-state index in [9.17, 15) is 9.59 Å². The molecule has 5 heteroatoms. The molecule has 0 saturated carbocycles. The summed E-state index contributed by atoms with van der Waals surface area (Å²) in [6.07, 6.45) is 10.2. The van der Waals surface area contributed by atoms with Crippen molar-refractivity contribution in [3.8, 4) is 0 Å². The van der Waals surface area contributed by atoms with Gasteiger partial charge in [0.15, 0.2) is 0 Å². The van der Waals surface area contributed by atoms with E-state index < -0.39 is 0 Å². The molecule has 1 aromatic heterocycles. The minimum Gasteiger partial charge on any atom is -0.338 e. The molecular formula is C19H23N3O2. The normalized spacial score (nSPS) is 24.0. The van der Waals surface area contributed by atoms with Gasteiger partial charge in [0.2, 0.25) is 0 Å². The third kappa shape index (κ3) is 2.48. The van der Waals surface area contributed by atoms with Crippen LogP contribution < -0.4 is 5.69 Å². The summed E-state index contributed by atoms with van der Waals surface area (Å²) in [5.74, 6) is 0.0789. The molecule has 5 nitrogen and oxygen atoms in total. The monoisotopic (exact) mass is 325 g/mol. The number of rotatable bonds is 1. The van der Waals surface area contributed by atoms with Gasteiger partial charge in [0.05, 0.1) is 11.0 Å². The van der Waals surface area contributed by atoms with Crippen LogP contribution in [-0.4, -0.2) is 33.4 Å². The van der Waals surface area contributed by atoms with E-state index >= 15 is 0 Å². The molecule has 1 aliphatic carbocycles. The first-order valence-corrected chi connectivity index (χ1v) is 8.71. The lowest BCUT2D eigenvalue weighted by Gasteiger charge is -2.44. The van der Waals surface area contributed by atoms with Crippen molar-refractivity contribution in [2.24, 2.45) is 12.5 Å². The molecule has 0 bridgehead atoms. The molecule has 1 aromatic carbocycles. The van der Waals surface area contributed by atoms with Gasteiger partial charge in [-0.2, -0.15) is 0 Å². The Morgan fingerprint density at radius 3 is 2.92 bits per heavy atom. The van der Waals surface area contributed by atoms with Crippen molar-refractivity contribution in [1.82, 2.24) is 14.5 Å². The topological polar surface area (TPSA) is 58.1 Å². The van der Waals surface area contributed by atoms with Crippen LogP contribution in [0.15, 0.2) is 35.1 Å². The Hall–Kier alpha value is -2.30. The molecule has 1 fully saturated rings. The number of aromatic nitrogens is 2. The summed E-state index contributed by atoms with van der Waals surface area (Å²) in [4.78, 5) is 29.5. The highest BCUT2D eigenvalue weighted by molar-refractivity contribution is 5.97. The molecule has 4 rings (SSSR count). The maximum absolute atomic E-state index is 13.0. The molecule has 126 valence electrons. The Balaban J connectivity index is 1.61. The van der Waals surface area contributed by atoms with Gasteiger partial charge in [0, 0.05) is 25.7 Å². The van der Waals surface area contributed by atoms with Gasteiger partial charge < -0.3 is 9.88 Å². The summed E-state index contributed by atoms with van der Waals surface area (Å²) in [6.45, 7) is 1.67. The second-order valence-corrected chi connectivity index (χ2v) is 7.27. The van der Waals surface area contributed by atoms with Crippen molar-refractivity contribution >= 4 is 16.9 Å². The SMILES string of the molecule is Cn1c(=O)[nH]c2cc(C(=O)N3CCC[C@]4(CC=CCC4)C3)ccc21. The molecule has 1 aliphatic heterocycles. The fourth-order valence-corrected chi connectivity index (χ4v) is 4.25. The number of H-pyrrole nitrogens is 1. The molecule has 2 aliphatic rings. The average molecular weight is 325 g/mol. The van der Waals surface area contributed by atoms with E-state index in [-0.39, 0.29) is 17.0 Å². The van der Waals surface area contributed by atoms with E-state index in [1.54, 1.807) is 17.7 Å². The number of aromatic amines is 1. The number of aryl methyl sites for hydroxylation is 1. The van der Waals surface area contributed by atoms with Crippen molar-refractivity contribution in [2.45, 2.75) is 32.1 Å². The van der Waals surface area contributed by atoms with Crippen molar-refractivity contribution in [1.29, 1.82) is 0 Å². The molecule has 1 atom stereocenters. The number of imidazole rings is 1. The van der Waals surface area contributed by atoms with Gasteiger partial charge in [-0.15, -0.1) is 0 Å². The fourth-order valence-electron chi connectivity index (χ4n) is 4.25. The zero-order valence-electron chi connectivity index (χ0n) is 14.0. The summed E-state index contributed by atoms with van der Waals surface area (Å²) >= 11 is 0. The first-order chi connectivity index (χ1) is 11.6. The molecule has 2 aromatic rings. The third-order valence-corrected chi connectivity index (χ3v) is 5.66. The van der Waals surface area contributed by atoms with Gasteiger partial charge >= 0.3 is 5.69 Å². The zero-order valence-corrected chi connectivity index (χ0v) is 14.0. The number of amides is 1. The first kappa shape index (κ1) is 15.2. The Bertz CT molecular complexity index is 876. The van der Waals surface area contributed by atoms with Crippen LogP contribution in [0.2, 0.25) is 0 Å². The highest BCUT2D eigenvalue weighted by atomic mass is 16.2. The number of fused-ring (bicyclic) bond motifs is 1. The van der Waals surface area contributed by atoms with Crippen LogP contribution in [-0.2, 0) is 7.05 Å². The van der Waals surface area contributed by atoms with Gasteiger partial charge in [0.1, 0.15) is 0 Å². The zero-order chi connectivity index (χ0) is 16.7. The van der Waals surface area contributed by atoms with Crippen LogP contribution in [0.25, 0.3) is 11.0 Å². The second-order valence-electron chi connectivity index (χ2n) is 7.27. The number of nitrogens with zero attached hydrogens (tertiary/aromatic N) is 2. The van der Waals surface area contributed by atoms with E-state index in [1.807, 2.05) is 17.0 Å². The van der Waals surface area contributed by atoms with Crippen molar-refractivity contribution < 1.29 is 4.79 Å². The van der Waals surface area contributed by atoms with Crippen LogP contribution in [0, 0.1) is 5.41 Å². The lowest BCUT2D eigenvalue weighted by Crippen LogP contribution is -2.46. The maximum atomic E-state index is 13.0. The molecule has 1 saturated heterocycles. The summed E-state index contributed by atoms with van der Waals surface area (Å²) in [7, 11) is 1.73. The van der Waals surface area contributed by atoms with Crippen molar-refractivity contribution in [3.63, 3.8) is 0 Å². The maximum Gasteiger partial charge on any atom is 0.326 e. The molecule has 1 spiro atoms. The predicted octanol–water partition coefficient (Wildman–Crippen LogP) is 2.83. The predicted molar refractivity (Wildman–Crippen MR) is 94.1 cm³/mol. The molecule has 1 amide bonds. The highest BCUT2D eigenvalue weighted by Gasteiger charge is 2.36. The summed E-state index contributed by atoms with van der Waals surface area (Å²) in [5, 5.41) is 0. The number of carbonyl (C=O) groups is 1. The van der Waals surface area contributed by atoms with Gasteiger partial charge in [-0.05, 0) is 55.7 Å². The first-order valence-electron chi connectivity index (χ1n) is 8.71. The highest BCUT2D eigenvalue weighted by Crippen LogP contribution is 2.41. The quantitative estimate of drug-likeness (QED) is 0.820. The molecule has 0 unspecified atom stereocenters. The van der Waals surface area contributed by atoms with Gasteiger partial charge in [0.25, 0.3) is 5.91 Å². The number of hydrogen-bond donors (Lipinski definition) is 1. The minimum atomic E-state index is -0.152.